The van der Waals surface area contributed by atoms with E-state index in [2.05, 4.69) is 62.0 Å². The number of ether oxygens (including phenoxy) is 1. The van der Waals surface area contributed by atoms with E-state index >= 15 is 0 Å². The van der Waals surface area contributed by atoms with Gasteiger partial charge in [-0.2, -0.15) is 0 Å². The molecule has 0 unspecified atom stereocenters. The zero-order valence-corrected chi connectivity index (χ0v) is 16.2. The van der Waals surface area contributed by atoms with E-state index in [-0.39, 0.29) is 12.0 Å². The van der Waals surface area contributed by atoms with Gasteiger partial charge in [-0.1, -0.05) is 74.4 Å². The third kappa shape index (κ3) is 4.41. The van der Waals surface area contributed by atoms with Crippen LogP contribution in [0.15, 0.2) is 61.2 Å². The molecule has 2 aromatic rings. The van der Waals surface area contributed by atoms with Gasteiger partial charge in [0.1, 0.15) is 6.61 Å². The van der Waals surface area contributed by atoms with Crippen LogP contribution in [0, 0.1) is 0 Å². The van der Waals surface area contributed by atoms with Crippen molar-refractivity contribution >= 4 is 6.09 Å². The SMILES string of the molecule is C=CCCN(CCCCC)C(=O)OCC1c2ccccc2-c2ccccc21. The number of unbranched alkanes of at least 4 members (excludes halogenated alkanes) is 2. The molecule has 0 heterocycles. The Morgan fingerprint density at radius 3 is 2.26 bits per heavy atom. The van der Waals surface area contributed by atoms with Crippen molar-refractivity contribution in [2.45, 2.75) is 38.5 Å². The molecule has 1 aliphatic carbocycles. The molecule has 1 amide bonds. The summed E-state index contributed by atoms with van der Waals surface area (Å²) in [4.78, 5) is 14.5. The van der Waals surface area contributed by atoms with E-state index in [0.717, 1.165) is 32.2 Å². The summed E-state index contributed by atoms with van der Waals surface area (Å²) in [6, 6.07) is 16.8. The van der Waals surface area contributed by atoms with Crippen molar-refractivity contribution in [3.63, 3.8) is 0 Å². The molecule has 0 N–H and O–H groups in total. The van der Waals surface area contributed by atoms with E-state index in [9.17, 15) is 4.79 Å². The van der Waals surface area contributed by atoms with Crippen LogP contribution in [0.4, 0.5) is 4.79 Å². The summed E-state index contributed by atoms with van der Waals surface area (Å²) in [5.41, 5.74) is 4.99. The number of hydrogen-bond donors (Lipinski definition) is 0. The highest BCUT2D eigenvalue weighted by Crippen LogP contribution is 2.44. The molecule has 3 nitrogen and oxygen atoms in total. The van der Waals surface area contributed by atoms with Crippen molar-refractivity contribution in [1.82, 2.24) is 4.90 Å². The van der Waals surface area contributed by atoms with Gasteiger partial charge in [0.25, 0.3) is 0 Å². The lowest BCUT2D eigenvalue weighted by molar-refractivity contribution is 0.0996. The zero-order valence-electron chi connectivity index (χ0n) is 16.2. The predicted molar refractivity (Wildman–Crippen MR) is 111 cm³/mol. The standard InChI is InChI=1S/C24H29NO2/c1-3-5-11-17-25(16-6-4-2)24(26)27-18-23-21-14-9-7-12-19(21)20-13-8-10-15-22(20)23/h4,7-10,12-15,23H,2-3,5-6,11,16-18H2,1H3. The highest BCUT2D eigenvalue weighted by Gasteiger charge is 2.29. The Kier molecular flexibility index (Phi) is 6.69. The summed E-state index contributed by atoms with van der Waals surface area (Å²) < 4.78 is 5.78. The molecule has 27 heavy (non-hydrogen) atoms. The quantitative estimate of drug-likeness (QED) is 0.404. The van der Waals surface area contributed by atoms with Gasteiger partial charge in [-0.15, -0.1) is 6.58 Å². The topological polar surface area (TPSA) is 29.5 Å². The Bertz CT molecular complexity index is 738. The summed E-state index contributed by atoms with van der Waals surface area (Å²) in [7, 11) is 0. The van der Waals surface area contributed by atoms with Crippen LogP contribution in [-0.2, 0) is 4.74 Å². The van der Waals surface area contributed by atoms with Crippen molar-refractivity contribution in [3.05, 3.63) is 72.3 Å². The molecule has 0 atom stereocenters. The third-order valence-corrected chi connectivity index (χ3v) is 5.23. The van der Waals surface area contributed by atoms with Gasteiger partial charge >= 0.3 is 6.09 Å². The fraction of sp³-hybridized carbons (Fsp3) is 0.375. The number of benzene rings is 2. The maximum atomic E-state index is 12.7. The average Bonchev–Trinajstić information content (AvgIpc) is 3.03. The molecular weight excluding hydrogens is 334 g/mol. The van der Waals surface area contributed by atoms with Gasteiger partial charge in [-0.3, -0.25) is 0 Å². The van der Waals surface area contributed by atoms with Gasteiger partial charge in [0, 0.05) is 19.0 Å². The van der Waals surface area contributed by atoms with Gasteiger partial charge in [-0.05, 0) is 35.1 Å². The van der Waals surface area contributed by atoms with Crippen molar-refractivity contribution in [2.24, 2.45) is 0 Å². The minimum Gasteiger partial charge on any atom is -0.448 e. The largest absolute Gasteiger partial charge is 0.448 e. The fourth-order valence-corrected chi connectivity index (χ4v) is 3.78. The maximum absolute atomic E-state index is 12.7. The van der Waals surface area contributed by atoms with E-state index in [4.69, 9.17) is 4.74 Å². The Morgan fingerprint density at radius 1 is 1.04 bits per heavy atom. The lowest BCUT2D eigenvalue weighted by atomic mass is 9.98. The second kappa shape index (κ2) is 9.40. The molecule has 2 aromatic carbocycles. The predicted octanol–water partition coefficient (Wildman–Crippen LogP) is 6.00. The highest BCUT2D eigenvalue weighted by atomic mass is 16.6. The first kappa shape index (κ1) is 19.2. The normalized spacial score (nSPS) is 12.3. The molecule has 3 rings (SSSR count). The molecule has 0 fully saturated rings. The first-order valence-corrected chi connectivity index (χ1v) is 9.97. The summed E-state index contributed by atoms with van der Waals surface area (Å²) >= 11 is 0. The Hall–Kier alpha value is -2.55. The second-order valence-electron chi connectivity index (χ2n) is 7.08. The van der Waals surface area contributed by atoms with Crippen LogP contribution in [0.3, 0.4) is 0 Å². The van der Waals surface area contributed by atoms with Gasteiger partial charge in [-0.25, -0.2) is 4.79 Å². The average molecular weight is 364 g/mol. The number of nitrogens with zero attached hydrogens (tertiary/aromatic N) is 1. The zero-order chi connectivity index (χ0) is 19.1. The number of hydrogen-bond acceptors (Lipinski definition) is 2. The first-order valence-electron chi connectivity index (χ1n) is 9.97. The van der Waals surface area contributed by atoms with Gasteiger partial charge < -0.3 is 9.64 Å². The third-order valence-electron chi connectivity index (χ3n) is 5.23. The summed E-state index contributed by atoms with van der Waals surface area (Å²) in [6.45, 7) is 7.74. The van der Waals surface area contributed by atoms with Crippen LogP contribution < -0.4 is 0 Å². The maximum Gasteiger partial charge on any atom is 0.409 e. The van der Waals surface area contributed by atoms with Crippen LogP contribution in [0.1, 0.15) is 49.7 Å². The van der Waals surface area contributed by atoms with Crippen LogP contribution in [0.25, 0.3) is 11.1 Å². The van der Waals surface area contributed by atoms with Gasteiger partial charge in [0.15, 0.2) is 0 Å². The van der Waals surface area contributed by atoms with Crippen LogP contribution >= 0.6 is 0 Å². The number of carbonyl (C=O) groups excluding carboxylic acids is 1. The number of amides is 1. The summed E-state index contributed by atoms with van der Waals surface area (Å²) in [6.07, 6.45) is 5.70. The van der Waals surface area contributed by atoms with Crippen molar-refractivity contribution < 1.29 is 9.53 Å². The summed E-state index contributed by atoms with van der Waals surface area (Å²) in [5.74, 6) is 0.109. The molecule has 0 radical (unpaired) electrons. The molecule has 1 aliphatic rings. The fourth-order valence-electron chi connectivity index (χ4n) is 3.78. The van der Waals surface area contributed by atoms with Crippen LogP contribution in [-0.4, -0.2) is 30.7 Å². The molecule has 0 spiro atoms. The molecule has 0 bridgehead atoms. The van der Waals surface area contributed by atoms with Crippen molar-refractivity contribution in [1.29, 1.82) is 0 Å². The van der Waals surface area contributed by atoms with E-state index in [1.807, 2.05) is 11.0 Å². The number of rotatable bonds is 9. The van der Waals surface area contributed by atoms with E-state index in [1.165, 1.54) is 22.3 Å². The van der Waals surface area contributed by atoms with Gasteiger partial charge in [0.2, 0.25) is 0 Å². The van der Waals surface area contributed by atoms with Crippen LogP contribution in [0.2, 0.25) is 0 Å². The first-order chi connectivity index (χ1) is 13.3. The molecule has 0 saturated heterocycles. The van der Waals surface area contributed by atoms with E-state index in [1.54, 1.807) is 0 Å². The Morgan fingerprint density at radius 2 is 1.67 bits per heavy atom. The lowest BCUT2D eigenvalue weighted by Gasteiger charge is -2.23. The molecule has 0 aliphatic heterocycles. The Labute approximate surface area is 162 Å². The van der Waals surface area contributed by atoms with Gasteiger partial charge in [0.05, 0.1) is 0 Å². The highest BCUT2D eigenvalue weighted by molar-refractivity contribution is 5.79. The number of fused-ring (bicyclic) bond motifs is 3. The monoisotopic (exact) mass is 363 g/mol. The lowest BCUT2D eigenvalue weighted by Crippen LogP contribution is -2.34. The minimum atomic E-state index is -0.213. The molecule has 0 aromatic heterocycles. The van der Waals surface area contributed by atoms with Crippen molar-refractivity contribution in [3.8, 4) is 11.1 Å². The molecule has 0 saturated carbocycles. The Balaban J connectivity index is 1.69. The van der Waals surface area contributed by atoms with E-state index in [0.29, 0.717) is 13.2 Å². The van der Waals surface area contributed by atoms with Crippen molar-refractivity contribution in [2.75, 3.05) is 19.7 Å². The minimum absolute atomic E-state index is 0.109. The molecule has 3 heteroatoms. The second-order valence-corrected chi connectivity index (χ2v) is 7.08. The number of carbonyl (C=O) groups is 1. The molecular formula is C24H29NO2. The van der Waals surface area contributed by atoms with Crippen LogP contribution in [0.5, 0.6) is 0 Å². The smallest absolute Gasteiger partial charge is 0.409 e. The summed E-state index contributed by atoms with van der Waals surface area (Å²) in [5, 5.41) is 0. The molecule has 142 valence electrons. The van der Waals surface area contributed by atoms with E-state index < -0.39 is 0 Å².